The fourth-order valence-corrected chi connectivity index (χ4v) is 7.15. The van der Waals surface area contributed by atoms with E-state index in [1.54, 1.807) is 12.1 Å². The first-order valence-corrected chi connectivity index (χ1v) is 13.0. The van der Waals surface area contributed by atoms with Gasteiger partial charge in [0, 0.05) is 25.6 Å². The average molecular weight is 467 g/mol. The van der Waals surface area contributed by atoms with Gasteiger partial charge in [0.1, 0.15) is 11.8 Å². The van der Waals surface area contributed by atoms with Gasteiger partial charge >= 0.3 is 6.03 Å². The standard InChI is InChI=1S/C26H34N4O4/c31-23(9-8-21-25(32)30(26(33)27-21)16-20-6-4-12-34-20)29-11-3-5-17-13-18-14-19(24(17)29)15-28-10-2-1-7-22(18)28/h4,6,12-13,18-19,21-22,24H,1-3,5,7-11,14-16H2,(H,27,33)/t18-,19-,21-,22-,24+/m0/s1. The number of rotatable bonds is 5. The molecule has 4 saturated heterocycles. The summed E-state index contributed by atoms with van der Waals surface area (Å²) in [4.78, 5) is 44.5. The predicted octanol–water partition coefficient (Wildman–Crippen LogP) is 2.90. The minimum atomic E-state index is -0.647. The van der Waals surface area contributed by atoms with Crippen LogP contribution in [0.25, 0.3) is 0 Å². The Morgan fingerprint density at radius 3 is 2.94 bits per heavy atom. The molecule has 1 N–H and O–H groups in total. The molecule has 4 amide bonds. The van der Waals surface area contributed by atoms with Crippen molar-refractivity contribution in [1.29, 1.82) is 0 Å². The first-order chi connectivity index (χ1) is 16.6. The zero-order valence-electron chi connectivity index (χ0n) is 19.7. The maximum atomic E-state index is 13.4. The SMILES string of the molecule is O=C1N[C@@H](CCC(=O)N2CCCC3=C[C@H]4C[C@@H](CN5CCCC[C@@H]45)[C@@H]32)C(=O)N1Cc1ccco1. The number of hydrogen-bond acceptors (Lipinski definition) is 5. The van der Waals surface area contributed by atoms with Crippen molar-refractivity contribution >= 4 is 17.8 Å². The van der Waals surface area contributed by atoms with Crippen LogP contribution in [0.5, 0.6) is 0 Å². The molecule has 0 radical (unpaired) electrons. The van der Waals surface area contributed by atoms with Crippen LogP contribution in [0.1, 0.15) is 57.1 Å². The molecule has 34 heavy (non-hydrogen) atoms. The molecule has 4 fully saturated rings. The first kappa shape index (κ1) is 21.9. The molecule has 0 aromatic carbocycles. The number of imide groups is 1. The van der Waals surface area contributed by atoms with E-state index in [1.807, 2.05) is 0 Å². The molecule has 8 nitrogen and oxygen atoms in total. The molecule has 1 aromatic heterocycles. The third-order valence-electron chi connectivity index (χ3n) is 8.63. The number of piperidine rings is 3. The second kappa shape index (κ2) is 8.87. The molecule has 5 atom stereocenters. The number of carbonyl (C=O) groups excluding carboxylic acids is 3. The molecule has 6 rings (SSSR count). The van der Waals surface area contributed by atoms with Gasteiger partial charge in [0.15, 0.2) is 0 Å². The lowest BCUT2D eigenvalue weighted by Gasteiger charge is -2.54. The summed E-state index contributed by atoms with van der Waals surface area (Å²) in [6.07, 6.45) is 11.9. The quantitative estimate of drug-likeness (QED) is 0.533. The summed E-state index contributed by atoms with van der Waals surface area (Å²) in [6.45, 7) is 3.21. The molecule has 1 aliphatic carbocycles. The number of urea groups is 1. The van der Waals surface area contributed by atoms with Crippen LogP contribution in [0.3, 0.4) is 0 Å². The number of carbonyl (C=O) groups is 3. The van der Waals surface area contributed by atoms with Crippen LogP contribution in [0.4, 0.5) is 4.79 Å². The number of fused-ring (bicyclic) bond motifs is 6. The molecule has 1 aromatic rings. The van der Waals surface area contributed by atoms with E-state index in [0.717, 1.165) is 25.9 Å². The summed E-state index contributed by atoms with van der Waals surface area (Å²) >= 11 is 0. The second-order valence-corrected chi connectivity index (χ2v) is 10.6. The monoisotopic (exact) mass is 466 g/mol. The molecule has 4 aliphatic heterocycles. The highest BCUT2D eigenvalue weighted by atomic mass is 16.3. The number of nitrogens with zero attached hydrogens (tertiary/aromatic N) is 3. The van der Waals surface area contributed by atoms with Crippen molar-refractivity contribution in [3.63, 3.8) is 0 Å². The van der Waals surface area contributed by atoms with E-state index in [9.17, 15) is 14.4 Å². The van der Waals surface area contributed by atoms with E-state index < -0.39 is 12.1 Å². The van der Waals surface area contributed by atoms with Gasteiger partial charge < -0.3 is 14.6 Å². The third kappa shape index (κ3) is 3.85. The van der Waals surface area contributed by atoms with E-state index in [4.69, 9.17) is 4.42 Å². The van der Waals surface area contributed by atoms with E-state index in [0.29, 0.717) is 30.1 Å². The van der Waals surface area contributed by atoms with E-state index >= 15 is 0 Å². The molecule has 0 saturated carbocycles. The Balaban J connectivity index is 1.11. The van der Waals surface area contributed by atoms with Crippen LogP contribution in [0, 0.1) is 11.8 Å². The zero-order chi connectivity index (χ0) is 23.2. The number of hydrogen-bond donors (Lipinski definition) is 1. The van der Waals surface area contributed by atoms with Crippen LogP contribution in [-0.4, -0.2) is 70.3 Å². The first-order valence-electron chi connectivity index (χ1n) is 13.0. The second-order valence-electron chi connectivity index (χ2n) is 10.6. The Hall–Kier alpha value is -2.61. The summed E-state index contributed by atoms with van der Waals surface area (Å²) in [7, 11) is 0. The fraction of sp³-hybridized carbons (Fsp3) is 0.654. The number of nitrogens with one attached hydrogen (secondary N) is 1. The van der Waals surface area contributed by atoms with Gasteiger partial charge in [0.05, 0.1) is 18.8 Å². The van der Waals surface area contributed by atoms with E-state index in [2.05, 4.69) is 21.2 Å². The van der Waals surface area contributed by atoms with Crippen molar-refractivity contribution in [2.45, 2.75) is 76.0 Å². The minimum absolute atomic E-state index is 0.112. The van der Waals surface area contributed by atoms with Crippen LogP contribution in [-0.2, 0) is 16.1 Å². The highest BCUT2D eigenvalue weighted by Crippen LogP contribution is 2.45. The van der Waals surface area contributed by atoms with Crippen molar-refractivity contribution < 1.29 is 18.8 Å². The fourth-order valence-electron chi connectivity index (χ4n) is 7.15. The van der Waals surface area contributed by atoms with Gasteiger partial charge in [-0.05, 0) is 69.0 Å². The molecule has 8 heteroatoms. The summed E-state index contributed by atoms with van der Waals surface area (Å²) in [5.74, 6) is 1.55. The Morgan fingerprint density at radius 1 is 1.18 bits per heavy atom. The van der Waals surface area contributed by atoms with Crippen molar-refractivity contribution in [3.05, 3.63) is 35.8 Å². The van der Waals surface area contributed by atoms with E-state index in [-0.39, 0.29) is 30.8 Å². The largest absolute Gasteiger partial charge is 0.467 e. The van der Waals surface area contributed by atoms with Gasteiger partial charge in [-0.25, -0.2) is 4.79 Å². The van der Waals surface area contributed by atoms with Gasteiger partial charge in [-0.3, -0.25) is 19.4 Å². The minimum Gasteiger partial charge on any atom is -0.467 e. The Bertz CT molecular complexity index is 989. The van der Waals surface area contributed by atoms with Crippen LogP contribution in [0.2, 0.25) is 0 Å². The molecular formula is C26H34N4O4. The summed E-state index contributed by atoms with van der Waals surface area (Å²) in [5, 5.41) is 2.75. The molecule has 5 aliphatic rings. The van der Waals surface area contributed by atoms with Crippen molar-refractivity contribution in [3.8, 4) is 0 Å². The number of amides is 4. The molecule has 182 valence electrons. The Labute approximate surface area is 200 Å². The van der Waals surface area contributed by atoms with Crippen molar-refractivity contribution in [2.24, 2.45) is 11.8 Å². The third-order valence-corrected chi connectivity index (χ3v) is 8.63. The molecular weight excluding hydrogens is 432 g/mol. The van der Waals surface area contributed by atoms with E-state index in [1.165, 1.54) is 49.0 Å². The predicted molar refractivity (Wildman–Crippen MR) is 124 cm³/mol. The van der Waals surface area contributed by atoms with Crippen molar-refractivity contribution in [1.82, 2.24) is 20.0 Å². The molecule has 0 unspecified atom stereocenters. The highest BCUT2D eigenvalue weighted by molar-refractivity contribution is 6.04. The normalized spacial score (nSPS) is 33.3. The summed E-state index contributed by atoms with van der Waals surface area (Å²) in [6, 6.07) is 3.32. The van der Waals surface area contributed by atoms with Gasteiger partial charge in [0.25, 0.3) is 5.91 Å². The number of likely N-dealkylation sites (tertiary alicyclic amines) is 1. The highest BCUT2D eigenvalue weighted by Gasteiger charge is 2.47. The lowest BCUT2D eigenvalue weighted by molar-refractivity contribution is -0.136. The lowest BCUT2D eigenvalue weighted by atomic mass is 9.68. The summed E-state index contributed by atoms with van der Waals surface area (Å²) < 4.78 is 5.28. The Morgan fingerprint density at radius 2 is 2.09 bits per heavy atom. The molecule has 5 heterocycles. The van der Waals surface area contributed by atoms with Crippen molar-refractivity contribution in [2.75, 3.05) is 19.6 Å². The average Bonchev–Trinajstić information content (AvgIpc) is 3.46. The molecule has 0 spiro atoms. The Kier molecular flexibility index (Phi) is 5.71. The smallest absolute Gasteiger partial charge is 0.325 e. The zero-order valence-corrected chi connectivity index (χ0v) is 19.7. The summed E-state index contributed by atoms with van der Waals surface area (Å²) in [5.41, 5.74) is 1.47. The topological polar surface area (TPSA) is 86.1 Å². The molecule has 2 bridgehead atoms. The van der Waals surface area contributed by atoms with Crippen LogP contribution < -0.4 is 5.32 Å². The van der Waals surface area contributed by atoms with Crippen LogP contribution >= 0.6 is 0 Å². The number of furan rings is 1. The van der Waals surface area contributed by atoms with Gasteiger partial charge in [0.2, 0.25) is 5.91 Å². The van der Waals surface area contributed by atoms with Gasteiger partial charge in [-0.2, -0.15) is 0 Å². The van der Waals surface area contributed by atoms with Gasteiger partial charge in [-0.15, -0.1) is 0 Å². The van der Waals surface area contributed by atoms with Gasteiger partial charge in [-0.1, -0.05) is 18.1 Å². The lowest BCUT2D eigenvalue weighted by Crippen LogP contribution is -2.60. The van der Waals surface area contributed by atoms with Crippen LogP contribution in [0.15, 0.2) is 34.5 Å². The maximum Gasteiger partial charge on any atom is 0.325 e. The maximum absolute atomic E-state index is 13.4.